The van der Waals surface area contributed by atoms with Crippen molar-refractivity contribution >= 4 is 17.6 Å². The molecule has 6 nitrogen and oxygen atoms in total. The van der Waals surface area contributed by atoms with E-state index in [4.69, 9.17) is 4.42 Å². The number of halogens is 1. The van der Waals surface area contributed by atoms with Gasteiger partial charge in [-0.15, -0.1) is 0 Å². The van der Waals surface area contributed by atoms with Gasteiger partial charge in [0.2, 0.25) is 0 Å². The minimum atomic E-state index is -0.378. The van der Waals surface area contributed by atoms with Crippen LogP contribution in [0.15, 0.2) is 95.4 Å². The fraction of sp³-hybridized carbons (Fsp3) is 0.200. The predicted molar refractivity (Wildman–Crippen MR) is 139 cm³/mol. The van der Waals surface area contributed by atoms with E-state index in [1.807, 2.05) is 42.5 Å². The first-order chi connectivity index (χ1) is 18.0. The lowest BCUT2D eigenvalue weighted by molar-refractivity contribution is 0.0901. The highest BCUT2D eigenvalue weighted by Crippen LogP contribution is 2.29. The maximum atomic E-state index is 13.3. The molecule has 1 atom stereocenters. The summed E-state index contributed by atoms with van der Waals surface area (Å²) in [5, 5.41) is 5.90. The predicted octanol–water partition coefficient (Wildman–Crippen LogP) is 6.46. The van der Waals surface area contributed by atoms with Crippen molar-refractivity contribution in [2.75, 3.05) is 5.32 Å². The van der Waals surface area contributed by atoms with Crippen LogP contribution in [-0.4, -0.2) is 16.8 Å². The molecule has 188 valence electrons. The van der Waals surface area contributed by atoms with Crippen molar-refractivity contribution in [2.45, 2.75) is 38.4 Å². The highest BCUT2D eigenvalue weighted by atomic mass is 19.1. The number of nitrogens with one attached hydrogen (secondary N) is 2. The summed E-state index contributed by atoms with van der Waals surface area (Å²) in [5.41, 5.74) is 3.84. The van der Waals surface area contributed by atoms with Gasteiger partial charge in [-0.1, -0.05) is 54.6 Å². The van der Waals surface area contributed by atoms with E-state index in [1.165, 1.54) is 29.8 Å². The maximum absolute atomic E-state index is 13.3. The minimum absolute atomic E-state index is 0.0536. The number of hydrogen-bond donors (Lipinski definition) is 2. The van der Waals surface area contributed by atoms with E-state index in [9.17, 15) is 14.0 Å². The summed E-state index contributed by atoms with van der Waals surface area (Å²) in [6, 6.07) is 26.3. The normalized spacial score (nSPS) is 14.5. The molecule has 1 aliphatic rings. The average Bonchev–Trinajstić information content (AvgIpc) is 3.39. The highest BCUT2D eigenvalue weighted by molar-refractivity contribution is 5.92. The zero-order chi connectivity index (χ0) is 25.6. The van der Waals surface area contributed by atoms with Crippen LogP contribution in [0.5, 0.6) is 0 Å². The van der Waals surface area contributed by atoms with Gasteiger partial charge in [0, 0.05) is 12.2 Å². The fourth-order valence-electron chi connectivity index (χ4n) is 4.65. The molecule has 1 heterocycles. The Balaban J connectivity index is 1.29. The molecule has 0 saturated carbocycles. The Morgan fingerprint density at radius 1 is 0.892 bits per heavy atom. The first-order valence-electron chi connectivity index (χ1n) is 12.4. The molecule has 5 rings (SSSR count). The number of aryl methyl sites for hydroxylation is 1. The van der Waals surface area contributed by atoms with Crippen LogP contribution in [0.25, 0.3) is 0 Å². The summed E-state index contributed by atoms with van der Waals surface area (Å²) in [6.07, 6.45) is 2.92. The lowest BCUT2D eigenvalue weighted by atomic mass is 9.88. The van der Waals surface area contributed by atoms with Crippen molar-refractivity contribution in [3.05, 3.63) is 125 Å². The third kappa shape index (κ3) is 6.06. The number of anilines is 1. The number of hydrogen-bond acceptors (Lipinski definition) is 3. The van der Waals surface area contributed by atoms with Crippen LogP contribution in [0.2, 0.25) is 0 Å². The van der Waals surface area contributed by atoms with Gasteiger partial charge in [0.25, 0.3) is 5.91 Å². The SMILES string of the molecule is O=C(NC1CCCc2ccccc21)c1ccc(CN(Cc2ccccc2)C(=O)Nc2ccc(F)cc2)o1. The van der Waals surface area contributed by atoms with E-state index in [-0.39, 0.29) is 36.1 Å². The van der Waals surface area contributed by atoms with E-state index in [2.05, 4.69) is 22.8 Å². The Hall–Kier alpha value is -4.39. The second-order valence-corrected chi connectivity index (χ2v) is 9.16. The third-order valence-electron chi connectivity index (χ3n) is 6.51. The van der Waals surface area contributed by atoms with Crippen molar-refractivity contribution in [1.82, 2.24) is 10.2 Å². The van der Waals surface area contributed by atoms with E-state index in [1.54, 1.807) is 17.0 Å². The summed E-state index contributed by atoms with van der Waals surface area (Å²) in [4.78, 5) is 27.7. The Morgan fingerprint density at radius 3 is 2.46 bits per heavy atom. The molecule has 37 heavy (non-hydrogen) atoms. The number of benzene rings is 3. The molecule has 4 aromatic rings. The molecule has 3 amide bonds. The van der Waals surface area contributed by atoms with E-state index in [0.717, 1.165) is 30.4 Å². The van der Waals surface area contributed by atoms with Crippen LogP contribution < -0.4 is 10.6 Å². The van der Waals surface area contributed by atoms with Gasteiger partial charge < -0.3 is 20.0 Å². The molecule has 2 N–H and O–H groups in total. The van der Waals surface area contributed by atoms with E-state index >= 15 is 0 Å². The van der Waals surface area contributed by atoms with E-state index in [0.29, 0.717) is 18.0 Å². The topological polar surface area (TPSA) is 74.6 Å². The summed E-state index contributed by atoms with van der Waals surface area (Å²) in [7, 11) is 0. The monoisotopic (exact) mass is 497 g/mol. The number of nitrogens with zero attached hydrogens (tertiary/aromatic N) is 1. The summed E-state index contributed by atoms with van der Waals surface area (Å²) in [5.74, 6) is 0.0339. The molecular weight excluding hydrogens is 469 g/mol. The molecule has 3 aromatic carbocycles. The van der Waals surface area contributed by atoms with Crippen LogP contribution in [-0.2, 0) is 19.5 Å². The van der Waals surface area contributed by atoms with Crippen molar-refractivity contribution in [3.8, 4) is 0 Å². The van der Waals surface area contributed by atoms with Gasteiger partial charge >= 0.3 is 6.03 Å². The van der Waals surface area contributed by atoms with E-state index < -0.39 is 0 Å². The van der Waals surface area contributed by atoms with Gasteiger partial charge in [-0.2, -0.15) is 0 Å². The molecular formula is C30H28FN3O3. The summed E-state index contributed by atoms with van der Waals surface area (Å²) < 4.78 is 19.2. The van der Waals surface area contributed by atoms with Crippen molar-refractivity contribution in [3.63, 3.8) is 0 Å². The Bertz CT molecular complexity index is 1370. The van der Waals surface area contributed by atoms with Gasteiger partial charge in [0.05, 0.1) is 12.6 Å². The van der Waals surface area contributed by atoms with Crippen molar-refractivity contribution in [2.24, 2.45) is 0 Å². The number of carbonyl (C=O) groups is 2. The maximum Gasteiger partial charge on any atom is 0.322 e. The van der Waals surface area contributed by atoms with Crippen LogP contribution >= 0.6 is 0 Å². The van der Waals surface area contributed by atoms with Crippen molar-refractivity contribution < 1.29 is 18.4 Å². The van der Waals surface area contributed by atoms with Crippen LogP contribution in [0.1, 0.15) is 51.9 Å². The van der Waals surface area contributed by atoms with Crippen LogP contribution in [0.4, 0.5) is 14.9 Å². The Kier molecular flexibility index (Phi) is 7.31. The molecule has 0 bridgehead atoms. The first-order valence-corrected chi connectivity index (χ1v) is 12.4. The zero-order valence-corrected chi connectivity index (χ0v) is 20.3. The molecule has 0 fully saturated rings. The highest BCUT2D eigenvalue weighted by Gasteiger charge is 2.24. The molecule has 0 spiro atoms. The number of rotatable bonds is 7. The molecule has 1 aromatic heterocycles. The van der Waals surface area contributed by atoms with Crippen molar-refractivity contribution in [1.29, 1.82) is 0 Å². The number of amides is 3. The molecule has 7 heteroatoms. The number of fused-ring (bicyclic) bond motifs is 1. The van der Waals surface area contributed by atoms with Gasteiger partial charge in [0.1, 0.15) is 11.6 Å². The molecule has 0 radical (unpaired) electrons. The quantitative estimate of drug-likeness (QED) is 0.308. The summed E-state index contributed by atoms with van der Waals surface area (Å²) >= 11 is 0. The smallest absolute Gasteiger partial charge is 0.322 e. The average molecular weight is 498 g/mol. The van der Waals surface area contributed by atoms with Crippen LogP contribution in [0, 0.1) is 5.82 Å². The zero-order valence-electron chi connectivity index (χ0n) is 20.3. The number of urea groups is 1. The Morgan fingerprint density at radius 2 is 1.65 bits per heavy atom. The van der Waals surface area contributed by atoms with Gasteiger partial charge in [-0.25, -0.2) is 9.18 Å². The van der Waals surface area contributed by atoms with Gasteiger partial charge in [-0.05, 0) is 72.4 Å². The lowest BCUT2D eigenvalue weighted by Gasteiger charge is -2.26. The molecule has 0 aliphatic heterocycles. The van der Waals surface area contributed by atoms with Gasteiger partial charge in [-0.3, -0.25) is 4.79 Å². The second kappa shape index (κ2) is 11.1. The first kappa shape index (κ1) is 24.3. The Labute approximate surface area is 215 Å². The standard InChI is InChI=1S/C30H28FN3O3/c31-23-13-15-24(16-14-23)32-30(36)34(19-21-7-2-1-3-8-21)20-25-17-18-28(37-25)29(35)33-27-12-6-10-22-9-4-5-11-26(22)27/h1-5,7-9,11,13-18,27H,6,10,12,19-20H2,(H,32,36)(H,33,35). The third-order valence-corrected chi connectivity index (χ3v) is 6.51. The fourth-order valence-corrected chi connectivity index (χ4v) is 4.65. The molecule has 1 unspecified atom stereocenters. The largest absolute Gasteiger partial charge is 0.454 e. The number of carbonyl (C=O) groups excluding carboxylic acids is 2. The summed E-state index contributed by atoms with van der Waals surface area (Å²) in [6.45, 7) is 0.483. The van der Waals surface area contributed by atoms with Crippen LogP contribution in [0.3, 0.4) is 0 Å². The molecule has 0 saturated heterocycles. The second-order valence-electron chi connectivity index (χ2n) is 9.16. The molecule has 1 aliphatic carbocycles. The number of furan rings is 1. The minimum Gasteiger partial charge on any atom is -0.454 e. The lowest BCUT2D eigenvalue weighted by Crippen LogP contribution is -2.34. The van der Waals surface area contributed by atoms with Gasteiger partial charge in [0.15, 0.2) is 5.76 Å².